The van der Waals surface area contributed by atoms with E-state index in [0.717, 1.165) is 5.56 Å². The summed E-state index contributed by atoms with van der Waals surface area (Å²) >= 11 is 3.27. The van der Waals surface area contributed by atoms with Crippen LogP contribution in [0.25, 0.3) is 0 Å². The first-order chi connectivity index (χ1) is 7.68. The fraction of sp³-hybridized carbons (Fsp3) is 0. The van der Waals surface area contributed by atoms with Crippen molar-refractivity contribution < 1.29 is 0 Å². The third-order valence-electron chi connectivity index (χ3n) is 2.19. The minimum absolute atomic E-state index is 0.333. The van der Waals surface area contributed by atoms with Crippen LogP contribution in [0.3, 0.4) is 0 Å². The first-order valence-corrected chi connectivity index (χ1v) is 5.54. The first kappa shape index (κ1) is 10.8. The molecule has 0 radical (unpaired) electrons. The van der Waals surface area contributed by atoms with Crippen molar-refractivity contribution in [2.24, 2.45) is 0 Å². The number of halogens is 1. The molecule has 4 heteroatoms. The quantitative estimate of drug-likeness (QED) is 0.654. The fourth-order valence-corrected chi connectivity index (χ4v) is 1.70. The van der Waals surface area contributed by atoms with Gasteiger partial charge < -0.3 is 5.73 Å². The molecule has 0 bridgehead atoms. The molecule has 0 unspecified atom stereocenters. The summed E-state index contributed by atoms with van der Waals surface area (Å²) in [6.07, 6.45) is 0. The number of aromatic nitrogens is 1. The molecule has 0 saturated carbocycles. The van der Waals surface area contributed by atoms with Crippen LogP contribution in [-0.2, 0) is 0 Å². The van der Waals surface area contributed by atoms with Crippen LogP contribution in [0.15, 0.2) is 47.1 Å². The Morgan fingerprint density at radius 3 is 2.50 bits per heavy atom. The van der Waals surface area contributed by atoms with Gasteiger partial charge in [-0.3, -0.25) is 5.41 Å². The van der Waals surface area contributed by atoms with E-state index in [9.17, 15) is 0 Å². The summed E-state index contributed by atoms with van der Waals surface area (Å²) < 4.78 is 0.678. The zero-order chi connectivity index (χ0) is 11.5. The summed E-state index contributed by atoms with van der Waals surface area (Å²) in [7, 11) is 0. The first-order valence-electron chi connectivity index (χ1n) is 4.75. The van der Waals surface area contributed by atoms with Crippen molar-refractivity contribution in [2.45, 2.75) is 0 Å². The van der Waals surface area contributed by atoms with Gasteiger partial charge >= 0.3 is 0 Å². The molecule has 0 amide bonds. The number of nitrogen functional groups attached to an aromatic ring is 1. The Kier molecular flexibility index (Phi) is 3.01. The van der Waals surface area contributed by atoms with Gasteiger partial charge in [-0.1, -0.05) is 30.3 Å². The van der Waals surface area contributed by atoms with Gasteiger partial charge in [-0.05, 0) is 28.1 Å². The average Bonchev–Trinajstić information content (AvgIpc) is 2.32. The van der Waals surface area contributed by atoms with E-state index in [2.05, 4.69) is 20.9 Å². The maximum absolute atomic E-state index is 8.04. The topological polar surface area (TPSA) is 62.8 Å². The zero-order valence-corrected chi connectivity index (χ0v) is 10.0. The largest absolute Gasteiger partial charge is 0.397 e. The molecule has 1 aromatic carbocycles. The molecule has 0 aliphatic heterocycles. The highest BCUT2D eigenvalue weighted by atomic mass is 79.9. The molecule has 0 aliphatic rings. The smallest absolute Gasteiger partial charge is 0.113 e. The Morgan fingerprint density at radius 2 is 1.81 bits per heavy atom. The van der Waals surface area contributed by atoms with Crippen LogP contribution in [0.5, 0.6) is 0 Å². The number of hydrogen-bond donors (Lipinski definition) is 2. The highest BCUT2D eigenvalue weighted by Crippen LogP contribution is 2.17. The molecule has 2 aromatic rings. The van der Waals surface area contributed by atoms with Gasteiger partial charge in [0.25, 0.3) is 0 Å². The molecule has 3 nitrogen and oxygen atoms in total. The average molecular weight is 276 g/mol. The van der Waals surface area contributed by atoms with E-state index in [4.69, 9.17) is 11.1 Å². The van der Waals surface area contributed by atoms with Gasteiger partial charge in [0.05, 0.1) is 11.4 Å². The summed E-state index contributed by atoms with van der Waals surface area (Å²) in [4.78, 5) is 4.22. The van der Waals surface area contributed by atoms with E-state index in [-0.39, 0.29) is 0 Å². The summed E-state index contributed by atoms with van der Waals surface area (Å²) in [6, 6.07) is 12.9. The monoisotopic (exact) mass is 275 g/mol. The molecule has 3 N–H and O–H groups in total. The zero-order valence-electron chi connectivity index (χ0n) is 8.44. The lowest BCUT2D eigenvalue weighted by molar-refractivity contribution is 1.23. The molecule has 0 spiro atoms. The van der Waals surface area contributed by atoms with E-state index in [1.807, 2.05) is 30.3 Å². The molecule has 1 heterocycles. The molecule has 0 saturated heterocycles. The summed E-state index contributed by atoms with van der Waals surface area (Å²) in [5.74, 6) is 0. The number of hydrogen-bond acceptors (Lipinski definition) is 3. The van der Waals surface area contributed by atoms with Crippen LogP contribution in [-0.4, -0.2) is 10.7 Å². The van der Waals surface area contributed by atoms with Gasteiger partial charge in [0.15, 0.2) is 0 Å². The van der Waals surface area contributed by atoms with Crippen LogP contribution in [0, 0.1) is 5.41 Å². The lowest BCUT2D eigenvalue weighted by Crippen LogP contribution is -2.08. The van der Waals surface area contributed by atoms with Crippen LogP contribution < -0.4 is 5.73 Å². The van der Waals surface area contributed by atoms with E-state index in [0.29, 0.717) is 21.7 Å². The number of benzene rings is 1. The minimum atomic E-state index is 0.333. The summed E-state index contributed by atoms with van der Waals surface area (Å²) in [5.41, 5.74) is 7.95. The lowest BCUT2D eigenvalue weighted by Gasteiger charge is -2.06. The Labute approximate surface area is 102 Å². The molecule has 2 rings (SSSR count). The molecule has 80 valence electrons. The predicted octanol–water partition coefficient (Wildman–Crippen LogP) is 2.84. The third kappa shape index (κ3) is 2.12. The SMILES string of the molecule is N=C(c1ccccc1)c1nc(Br)ccc1N. The van der Waals surface area contributed by atoms with Gasteiger partial charge in [-0.2, -0.15) is 0 Å². The van der Waals surface area contributed by atoms with Crippen LogP contribution >= 0.6 is 15.9 Å². The number of anilines is 1. The van der Waals surface area contributed by atoms with E-state index in [1.54, 1.807) is 12.1 Å². The number of nitrogens with one attached hydrogen (secondary N) is 1. The van der Waals surface area contributed by atoms with Crippen LogP contribution in [0.4, 0.5) is 5.69 Å². The fourth-order valence-electron chi connectivity index (χ4n) is 1.39. The minimum Gasteiger partial charge on any atom is -0.397 e. The second kappa shape index (κ2) is 4.45. The molecule has 16 heavy (non-hydrogen) atoms. The normalized spacial score (nSPS) is 10.1. The van der Waals surface area contributed by atoms with Gasteiger partial charge in [-0.15, -0.1) is 0 Å². The van der Waals surface area contributed by atoms with E-state index < -0.39 is 0 Å². The molecule has 1 aromatic heterocycles. The highest BCUT2D eigenvalue weighted by molar-refractivity contribution is 9.10. The lowest BCUT2D eigenvalue weighted by atomic mass is 10.1. The number of nitrogens with zero attached hydrogens (tertiary/aromatic N) is 1. The molecule has 0 fully saturated rings. The molecule has 0 atom stereocenters. The van der Waals surface area contributed by atoms with Gasteiger partial charge in [0, 0.05) is 5.56 Å². The summed E-state index contributed by atoms with van der Waals surface area (Å²) in [5, 5.41) is 8.04. The van der Waals surface area contributed by atoms with Crippen molar-refractivity contribution in [1.82, 2.24) is 4.98 Å². The molecular weight excluding hydrogens is 266 g/mol. The molecule has 0 aliphatic carbocycles. The van der Waals surface area contributed by atoms with Crippen molar-refractivity contribution in [1.29, 1.82) is 5.41 Å². The van der Waals surface area contributed by atoms with Gasteiger partial charge in [0.1, 0.15) is 10.3 Å². The van der Waals surface area contributed by atoms with Gasteiger partial charge in [-0.25, -0.2) is 4.98 Å². The van der Waals surface area contributed by atoms with Crippen LogP contribution in [0.2, 0.25) is 0 Å². The Hall–Kier alpha value is -1.68. The number of nitrogens with two attached hydrogens (primary N) is 1. The second-order valence-corrected chi connectivity index (χ2v) is 4.13. The van der Waals surface area contributed by atoms with Crippen molar-refractivity contribution >= 4 is 27.3 Å². The maximum atomic E-state index is 8.04. The van der Waals surface area contributed by atoms with Crippen molar-refractivity contribution in [3.63, 3.8) is 0 Å². The van der Waals surface area contributed by atoms with Crippen molar-refractivity contribution in [3.8, 4) is 0 Å². The molecular formula is C12H10BrN3. The maximum Gasteiger partial charge on any atom is 0.113 e. The predicted molar refractivity (Wildman–Crippen MR) is 68.7 cm³/mol. The number of rotatable bonds is 2. The van der Waals surface area contributed by atoms with E-state index in [1.165, 1.54) is 0 Å². The Bertz CT molecular complexity index is 523. The van der Waals surface area contributed by atoms with Crippen LogP contribution in [0.1, 0.15) is 11.3 Å². The van der Waals surface area contributed by atoms with E-state index >= 15 is 0 Å². The second-order valence-electron chi connectivity index (χ2n) is 3.31. The Balaban J connectivity index is 2.46. The van der Waals surface area contributed by atoms with Crippen molar-refractivity contribution in [2.75, 3.05) is 5.73 Å². The number of pyridine rings is 1. The van der Waals surface area contributed by atoms with Crippen molar-refractivity contribution in [3.05, 3.63) is 58.3 Å². The third-order valence-corrected chi connectivity index (χ3v) is 2.63. The van der Waals surface area contributed by atoms with Gasteiger partial charge in [0.2, 0.25) is 0 Å². The standard InChI is InChI=1S/C12H10BrN3/c13-10-7-6-9(14)12(16-10)11(15)8-4-2-1-3-5-8/h1-7,15H,14H2. The summed E-state index contributed by atoms with van der Waals surface area (Å²) in [6.45, 7) is 0. The Morgan fingerprint density at radius 1 is 1.12 bits per heavy atom. The highest BCUT2D eigenvalue weighted by Gasteiger charge is 2.09.